The summed E-state index contributed by atoms with van der Waals surface area (Å²) in [6.45, 7) is 3.84. The predicted octanol–water partition coefficient (Wildman–Crippen LogP) is 1.52. The van der Waals surface area contributed by atoms with E-state index < -0.39 is 9.84 Å². The fourth-order valence-electron chi connectivity index (χ4n) is 2.97. The van der Waals surface area contributed by atoms with Gasteiger partial charge in [0.05, 0.1) is 17.9 Å². The number of ether oxygens (including phenoxy) is 1. The Balaban J connectivity index is 0.00000338. The summed E-state index contributed by atoms with van der Waals surface area (Å²) in [6, 6.07) is 6.75. The number of hydrogen-bond acceptors (Lipinski definition) is 5. The number of carbonyl (C=O) groups excluding carboxylic acids is 1. The number of guanidine groups is 1. The molecule has 26 heavy (non-hydrogen) atoms. The first-order valence-corrected chi connectivity index (χ1v) is 9.97. The summed E-state index contributed by atoms with van der Waals surface area (Å²) in [4.78, 5) is 18.4. The second-order valence-corrected chi connectivity index (χ2v) is 8.34. The Bertz CT molecular complexity index is 750. The summed E-state index contributed by atoms with van der Waals surface area (Å²) in [5.41, 5.74) is 0.949. The minimum absolute atomic E-state index is 0. The van der Waals surface area contributed by atoms with Crippen molar-refractivity contribution in [2.75, 3.05) is 33.5 Å². The minimum atomic E-state index is -3.19. The van der Waals surface area contributed by atoms with Gasteiger partial charge in [-0.1, -0.05) is 19.1 Å². The van der Waals surface area contributed by atoms with Crippen LogP contribution in [0.1, 0.15) is 12.5 Å². The molecule has 1 saturated heterocycles. The van der Waals surface area contributed by atoms with Gasteiger partial charge < -0.3 is 15.0 Å². The second kappa shape index (κ2) is 9.54. The minimum Gasteiger partial charge on any atom is -0.469 e. The first-order valence-electron chi connectivity index (χ1n) is 8.08. The SMILES string of the molecule is CN=C(NCc1ccc(S(C)(=O)=O)cc1)N1CC(C)C(C(=O)OC)C1.I. The Morgan fingerprint density at radius 2 is 1.92 bits per heavy atom. The lowest BCUT2D eigenvalue weighted by Crippen LogP contribution is -2.40. The van der Waals surface area contributed by atoms with Gasteiger partial charge in [0.25, 0.3) is 0 Å². The van der Waals surface area contributed by atoms with E-state index >= 15 is 0 Å². The molecule has 1 heterocycles. The maximum absolute atomic E-state index is 11.8. The highest BCUT2D eigenvalue weighted by atomic mass is 127. The molecule has 2 rings (SSSR count). The molecule has 0 radical (unpaired) electrons. The van der Waals surface area contributed by atoms with E-state index in [-0.39, 0.29) is 41.8 Å². The van der Waals surface area contributed by atoms with Gasteiger partial charge in [-0.2, -0.15) is 0 Å². The number of nitrogens with zero attached hydrogens (tertiary/aromatic N) is 2. The molecule has 2 atom stereocenters. The molecule has 0 aromatic heterocycles. The zero-order valence-corrected chi connectivity index (χ0v) is 18.6. The summed E-state index contributed by atoms with van der Waals surface area (Å²) < 4.78 is 27.8. The van der Waals surface area contributed by atoms with Crippen LogP contribution in [0.5, 0.6) is 0 Å². The highest BCUT2D eigenvalue weighted by Crippen LogP contribution is 2.24. The highest BCUT2D eigenvalue weighted by Gasteiger charge is 2.36. The summed E-state index contributed by atoms with van der Waals surface area (Å²) in [7, 11) is -0.0804. The summed E-state index contributed by atoms with van der Waals surface area (Å²) in [6.07, 6.45) is 1.19. The molecule has 0 spiro atoms. The van der Waals surface area contributed by atoms with E-state index in [0.717, 1.165) is 12.1 Å². The van der Waals surface area contributed by atoms with Crippen LogP contribution in [0.3, 0.4) is 0 Å². The lowest BCUT2D eigenvalue weighted by atomic mass is 9.99. The zero-order chi connectivity index (χ0) is 18.6. The van der Waals surface area contributed by atoms with Gasteiger partial charge in [-0.15, -0.1) is 24.0 Å². The van der Waals surface area contributed by atoms with Crippen LogP contribution in [0.4, 0.5) is 0 Å². The zero-order valence-electron chi connectivity index (χ0n) is 15.4. The quantitative estimate of drug-likeness (QED) is 0.295. The number of aliphatic imine (C=N–C) groups is 1. The largest absolute Gasteiger partial charge is 0.469 e. The van der Waals surface area contributed by atoms with Crippen molar-refractivity contribution in [1.82, 2.24) is 10.2 Å². The van der Waals surface area contributed by atoms with Gasteiger partial charge in [0.2, 0.25) is 0 Å². The van der Waals surface area contributed by atoms with Crippen molar-refractivity contribution in [2.24, 2.45) is 16.8 Å². The maximum atomic E-state index is 11.8. The Morgan fingerprint density at radius 1 is 1.31 bits per heavy atom. The number of carbonyl (C=O) groups is 1. The number of methoxy groups -OCH3 is 1. The average molecular weight is 495 g/mol. The molecule has 9 heteroatoms. The molecule has 1 aromatic rings. The lowest BCUT2D eigenvalue weighted by Gasteiger charge is -2.21. The van der Waals surface area contributed by atoms with Crippen LogP contribution in [0.2, 0.25) is 0 Å². The van der Waals surface area contributed by atoms with Crippen molar-refractivity contribution in [3.8, 4) is 0 Å². The Morgan fingerprint density at radius 3 is 2.42 bits per heavy atom. The standard InChI is InChI=1S/C17H25N3O4S.HI/c1-12-10-20(11-15(12)16(21)24-3)17(18-2)19-9-13-5-7-14(8-6-13)25(4,22)23;/h5-8,12,15H,9-11H2,1-4H3,(H,18,19);1H. The maximum Gasteiger partial charge on any atom is 0.310 e. The third-order valence-corrected chi connectivity index (χ3v) is 5.56. The monoisotopic (exact) mass is 495 g/mol. The van der Waals surface area contributed by atoms with Crippen LogP contribution in [0, 0.1) is 11.8 Å². The van der Waals surface area contributed by atoms with Crippen molar-refractivity contribution >= 4 is 45.7 Å². The number of rotatable bonds is 4. The topological polar surface area (TPSA) is 88.1 Å². The second-order valence-electron chi connectivity index (χ2n) is 6.33. The average Bonchev–Trinajstić information content (AvgIpc) is 2.96. The van der Waals surface area contributed by atoms with Crippen molar-refractivity contribution in [3.05, 3.63) is 29.8 Å². The summed E-state index contributed by atoms with van der Waals surface area (Å²) >= 11 is 0. The molecule has 1 aliphatic rings. The molecule has 1 aliphatic heterocycles. The van der Waals surface area contributed by atoms with Crippen LogP contribution in [0.25, 0.3) is 0 Å². The molecular formula is C17H26IN3O4S. The third-order valence-electron chi connectivity index (χ3n) is 4.43. The van der Waals surface area contributed by atoms with Gasteiger partial charge in [-0.3, -0.25) is 9.79 Å². The smallest absolute Gasteiger partial charge is 0.310 e. The number of benzene rings is 1. The van der Waals surface area contributed by atoms with Crippen molar-refractivity contribution < 1.29 is 17.9 Å². The van der Waals surface area contributed by atoms with Gasteiger partial charge in [0.1, 0.15) is 0 Å². The number of halogens is 1. The molecule has 0 bridgehead atoms. The molecule has 1 aromatic carbocycles. The molecule has 146 valence electrons. The van der Waals surface area contributed by atoms with Crippen LogP contribution in [-0.4, -0.2) is 58.7 Å². The molecule has 0 aliphatic carbocycles. The van der Waals surface area contributed by atoms with Gasteiger partial charge in [-0.05, 0) is 23.6 Å². The van der Waals surface area contributed by atoms with E-state index in [1.165, 1.54) is 13.4 Å². The molecular weight excluding hydrogens is 469 g/mol. The van der Waals surface area contributed by atoms with Gasteiger partial charge in [0.15, 0.2) is 15.8 Å². The number of esters is 1. The van der Waals surface area contributed by atoms with E-state index in [9.17, 15) is 13.2 Å². The Hall–Kier alpha value is -1.36. The van der Waals surface area contributed by atoms with Crippen LogP contribution >= 0.6 is 24.0 Å². The van der Waals surface area contributed by atoms with Crippen LogP contribution < -0.4 is 5.32 Å². The summed E-state index contributed by atoms with van der Waals surface area (Å²) in [5, 5.41) is 3.26. The normalized spacial score (nSPS) is 20.5. The number of nitrogens with one attached hydrogen (secondary N) is 1. The first-order chi connectivity index (χ1) is 11.8. The van der Waals surface area contributed by atoms with Crippen molar-refractivity contribution in [2.45, 2.75) is 18.4 Å². The lowest BCUT2D eigenvalue weighted by molar-refractivity contribution is -0.145. The first kappa shape index (κ1) is 22.7. The third kappa shape index (κ3) is 5.57. The number of sulfone groups is 1. The molecule has 1 fully saturated rings. The van der Waals surface area contributed by atoms with E-state index in [1.54, 1.807) is 31.3 Å². The molecule has 7 nitrogen and oxygen atoms in total. The van der Waals surface area contributed by atoms with Crippen molar-refractivity contribution in [1.29, 1.82) is 0 Å². The number of hydrogen-bond donors (Lipinski definition) is 1. The van der Waals surface area contributed by atoms with E-state index in [0.29, 0.717) is 23.9 Å². The highest BCUT2D eigenvalue weighted by molar-refractivity contribution is 14.0. The molecule has 0 amide bonds. The van der Waals surface area contributed by atoms with E-state index in [2.05, 4.69) is 10.3 Å². The van der Waals surface area contributed by atoms with E-state index in [1.807, 2.05) is 11.8 Å². The van der Waals surface area contributed by atoms with Gasteiger partial charge >= 0.3 is 5.97 Å². The fourth-order valence-corrected chi connectivity index (χ4v) is 3.60. The molecule has 2 unspecified atom stereocenters. The Kier molecular flexibility index (Phi) is 8.32. The number of likely N-dealkylation sites (tertiary alicyclic amines) is 1. The Labute approximate surface area is 172 Å². The van der Waals surface area contributed by atoms with Crippen molar-refractivity contribution in [3.63, 3.8) is 0 Å². The fraction of sp³-hybridized carbons (Fsp3) is 0.529. The van der Waals surface area contributed by atoms with Crippen LogP contribution in [0.15, 0.2) is 34.2 Å². The predicted molar refractivity (Wildman–Crippen MR) is 111 cm³/mol. The van der Waals surface area contributed by atoms with Gasteiger partial charge in [0, 0.05) is 32.9 Å². The van der Waals surface area contributed by atoms with Gasteiger partial charge in [-0.25, -0.2) is 8.42 Å². The molecule has 1 N–H and O–H groups in total. The van der Waals surface area contributed by atoms with Crippen LogP contribution in [-0.2, 0) is 25.9 Å². The molecule has 0 saturated carbocycles. The summed E-state index contributed by atoms with van der Waals surface area (Å²) in [5.74, 6) is 0.560. The van der Waals surface area contributed by atoms with E-state index in [4.69, 9.17) is 4.74 Å².